The SMILES string of the molecule is O=C(Nc1nc2c(-c3cn[nH]c3)nccn2n1)C1CC1. The van der Waals surface area contributed by atoms with Gasteiger partial charge in [0.05, 0.1) is 6.20 Å². The molecule has 20 heavy (non-hydrogen) atoms. The highest BCUT2D eigenvalue weighted by Gasteiger charge is 2.30. The molecule has 0 spiro atoms. The first-order chi connectivity index (χ1) is 9.81. The summed E-state index contributed by atoms with van der Waals surface area (Å²) in [7, 11) is 0. The van der Waals surface area contributed by atoms with Gasteiger partial charge in [0.15, 0.2) is 5.65 Å². The van der Waals surface area contributed by atoms with Crippen LogP contribution in [0.5, 0.6) is 0 Å². The van der Waals surface area contributed by atoms with E-state index >= 15 is 0 Å². The third-order valence-electron chi connectivity index (χ3n) is 3.21. The van der Waals surface area contributed by atoms with Crippen LogP contribution in [0.1, 0.15) is 12.8 Å². The van der Waals surface area contributed by atoms with Crippen molar-refractivity contribution < 1.29 is 4.79 Å². The molecule has 1 saturated carbocycles. The minimum atomic E-state index is -0.0151. The van der Waals surface area contributed by atoms with Crippen LogP contribution in [0.3, 0.4) is 0 Å². The molecule has 1 amide bonds. The molecular formula is C12H11N7O. The first kappa shape index (κ1) is 11.1. The Labute approximate surface area is 113 Å². The molecule has 0 radical (unpaired) electrons. The van der Waals surface area contributed by atoms with E-state index in [-0.39, 0.29) is 11.8 Å². The van der Waals surface area contributed by atoms with E-state index in [0.29, 0.717) is 17.3 Å². The molecule has 0 aromatic carbocycles. The summed E-state index contributed by atoms with van der Waals surface area (Å²) in [4.78, 5) is 20.4. The van der Waals surface area contributed by atoms with E-state index < -0.39 is 0 Å². The predicted octanol–water partition coefficient (Wildman–Crippen LogP) is 0.863. The molecule has 3 heterocycles. The summed E-state index contributed by atoms with van der Waals surface area (Å²) in [6, 6.07) is 0. The average Bonchev–Trinajstić information content (AvgIpc) is 3.00. The number of aromatic nitrogens is 6. The number of hydrogen-bond donors (Lipinski definition) is 2. The smallest absolute Gasteiger partial charge is 0.249 e. The summed E-state index contributed by atoms with van der Waals surface area (Å²) < 4.78 is 1.60. The standard InChI is InChI=1S/C12H11N7O/c20-11(7-1-2-7)17-12-16-10-9(8-5-14-15-6-8)13-3-4-19(10)18-12/h3-7H,1-2H2,(H,14,15)(H,17,18,20). The highest BCUT2D eigenvalue weighted by atomic mass is 16.2. The number of carbonyl (C=O) groups is 1. The molecule has 1 aliphatic rings. The fraction of sp³-hybridized carbons (Fsp3) is 0.250. The summed E-state index contributed by atoms with van der Waals surface area (Å²) in [5.41, 5.74) is 2.07. The molecule has 4 rings (SSSR count). The van der Waals surface area contributed by atoms with Crippen LogP contribution < -0.4 is 5.32 Å². The summed E-state index contributed by atoms with van der Waals surface area (Å²) in [5, 5.41) is 13.6. The molecule has 2 N–H and O–H groups in total. The molecule has 1 aliphatic carbocycles. The van der Waals surface area contributed by atoms with E-state index in [4.69, 9.17) is 0 Å². The molecular weight excluding hydrogens is 258 g/mol. The van der Waals surface area contributed by atoms with E-state index in [1.165, 1.54) is 0 Å². The van der Waals surface area contributed by atoms with Crippen LogP contribution in [0.4, 0.5) is 5.95 Å². The Morgan fingerprint density at radius 3 is 3.10 bits per heavy atom. The van der Waals surface area contributed by atoms with E-state index in [2.05, 4.69) is 30.6 Å². The number of aromatic amines is 1. The number of hydrogen-bond acceptors (Lipinski definition) is 5. The third-order valence-corrected chi connectivity index (χ3v) is 3.21. The maximum Gasteiger partial charge on any atom is 0.249 e. The minimum absolute atomic E-state index is 0.0151. The third kappa shape index (κ3) is 1.81. The van der Waals surface area contributed by atoms with Crippen LogP contribution in [-0.4, -0.2) is 35.7 Å². The van der Waals surface area contributed by atoms with E-state index in [1.807, 2.05) is 0 Å². The van der Waals surface area contributed by atoms with Crippen LogP contribution >= 0.6 is 0 Å². The van der Waals surface area contributed by atoms with Crippen molar-refractivity contribution in [3.05, 3.63) is 24.8 Å². The first-order valence-electron chi connectivity index (χ1n) is 6.32. The Morgan fingerprint density at radius 1 is 1.45 bits per heavy atom. The van der Waals surface area contributed by atoms with Gasteiger partial charge in [0.1, 0.15) is 5.69 Å². The summed E-state index contributed by atoms with van der Waals surface area (Å²) in [6.07, 6.45) is 8.62. The van der Waals surface area contributed by atoms with E-state index in [0.717, 1.165) is 18.4 Å². The zero-order valence-corrected chi connectivity index (χ0v) is 10.4. The average molecular weight is 269 g/mol. The lowest BCUT2D eigenvalue weighted by molar-refractivity contribution is -0.117. The number of rotatable bonds is 3. The molecule has 8 nitrogen and oxygen atoms in total. The van der Waals surface area contributed by atoms with Crippen molar-refractivity contribution in [3.8, 4) is 11.3 Å². The molecule has 0 unspecified atom stereocenters. The first-order valence-corrected chi connectivity index (χ1v) is 6.32. The van der Waals surface area contributed by atoms with Crippen molar-refractivity contribution in [1.29, 1.82) is 0 Å². The zero-order valence-electron chi connectivity index (χ0n) is 10.4. The van der Waals surface area contributed by atoms with E-state index in [1.54, 1.807) is 29.3 Å². The Hall–Kier alpha value is -2.77. The quantitative estimate of drug-likeness (QED) is 0.734. The highest BCUT2D eigenvalue weighted by Crippen LogP contribution is 2.30. The maximum atomic E-state index is 11.7. The molecule has 0 aliphatic heterocycles. The molecule has 0 saturated heterocycles. The number of carbonyl (C=O) groups excluding carboxylic acids is 1. The molecule has 0 atom stereocenters. The molecule has 1 fully saturated rings. The number of fused-ring (bicyclic) bond motifs is 1. The number of nitrogens with zero attached hydrogens (tertiary/aromatic N) is 5. The van der Waals surface area contributed by atoms with Crippen LogP contribution in [0.2, 0.25) is 0 Å². The molecule has 100 valence electrons. The van der Waals surface area contributed by atoms with Gasteiger partial charge in [0.2, 0.25) is 11.9 Å². The van der Waals surface area contributed by atoms with Crippen molar-refractivity contribution in [2.24, 2.45) is 5.92 Å². The Bertz CT molecular complexity index is 772. The Kier molecular flexibility index (Phi) is 2.28. The van der Waals surface area contributed by atoms with Gasteiger partial charge < -0.3 is 0 Å². The van der Waals surface area contributed by atoms with Gasteiger partial charge in [0.25, 0.3) is 0 Å². The molecule has 3 aromatic heterocycles. The van der Waals surface area contributed by atoms with Gasteiger partial charge in [-0.15, -0.1) is 5.10 Å². The van der Waals surface area contributed by atoms with Gasteiger partial charge in [-0.3, -0.25) is 20.2 Å². The lowest BCUT2D eigenvalue weighted by Gasteiger charge is -1.96. The summed E-state index contributed by atoms with van der Waals surface area (Å²) in [5.74, 6) is 0.409. The molecule has 8 heteroatoms. The molecule has 0 bridgehead atoms. The summed E-state index contributed by atoms with van der Waals surface area (Å²) >= 11 is 0. The van der Waals surface area contributed by atoms with Gasteiger partial charge in [0, 0.05) is 30.1 Å². The fourth-order valence-corrected chi connectivity index (χ4v) is 2.01. The van der Waals surface area contributed by atoms with Gasteiger partial charge in [-0.25, -0.2) is 4.52 Å². The monoisotopic (exact) mass is 269 g/mol. The van der Waals surface area contributed by atoms with E-state index in [9.17, 15) is 4.79 Å². The number of anilines is 1. The number of amides is 1. The highest BCUT2D eigenvalue weighted by molar-refractivity contribution is 5.92. The minimum Gasteiger partial charge on any atom is -0.293 e. The predicted molar refractivity (Wildman–Crippen MR) is 69.7 cm³/mol. The zero-order chi connectivity index (χ0) is 13.5. The van der Waals surface area contributed by atoms with Gasteiger partial charge in [-0.05, 0) is 12.8 Å². The second-order valence-electron chi connectivity index (χ2n) is 4.73. The van der Waals surface area contributed by atoms with Crippen molar-refractivity contribution >= 4 is 17.5 Å². The lowest BCUT2D eigenvalue weighted by Crippen LogP contribution is -2.14. The Morgan fingerprint density at radius 2 is 2.35 bits per heavy atom. The topological polar surface area (TPSA) is 101 Å². The van der Waals surface area contributed by atoms with Crippen molar-refractivity contribution in [2.45, 2.75) is 12.8 Å². The maximum absolute atomic E-state index is 11.7. The van der Waals surface area contributed by atoms with Crippen LogP contribution in [0, 0.1) is 5.92 Å². The van der Waals surface area contributed by atoms with Gasteiger partial charge in [-0.1, -0.05) is 0 Å². The van der Waals surface area contributed by atoms with Crippen molar-refractivity contribution in [3.63, 3.8) is 0 Å². The second kappa shape index (κ2) is 4.12. The van der Waals surface area contributed by atoms with Crippen molar-refractivity contribution in [1.82, 2.24) is 29.8 Å². The number of nitrogens with one attached hydrogen (secondary N) is 2. The van der Waals surface area contributed by atoms with Crippen LogP contribution in [0.25, 0.3) is 16.9 Å². The van der Waals surface area contributed by atoms with Crippen LogP contribution in [0.15, 0.2) is 24.8 Å². The molecule has 3 aromatic rings. The van der Waals surface area contributed by atoms with Gasteiger partial charge in [-0.2, -0.15) is 10.1 Å². The van der Waals surface area contributed by atoms with Crippen molar-refractivity contribution in [2.75, 3.05) is 5.32 Å². The normalized spacial score (nSPS) is 14.6. The van der Waals surface area contributed by atoms with Gasteiger partial charge >= 0.3 is 0 Å². The Balaban J connectivity index is 1.75. The largest absolute Gasteiger partial charge is 0.293 e. The lowest BCUT2D eigenvalue weighted by atomic mass is 10.2. The fourth-order valence-electron chi connectivity index (χ4n) is 2.01. The second-order valence-corrected chi connectivity index (χ2v) is 4.73. The summed E-state index contributed by atoms with van der Waals surface area (Å²) in [6.45, 7) is 0. The van der Waals surface area contributed by atoms with Crippen LogP contribution in [-0.2, 0) is 4.79 Å². The number of H-pyrrole nitrogens is 1.